The molecule has 17 nitrogen and oxygen atoms in total. The third-order valence-corrected chi connectivity index (χ3v) is 17.4. The zero-order valence-corrected chi connectivity index (χ0v) is 68.0. The quantitative estimate of drug-likeness (QED) is 0.0340. The Hall–Kier alpha value is -13.7. The number of anilines is 12. The van der Waals surface area contributed by atoms with Crippen LogP contribution in [0, 0.1) is 58.1 Å². The number of methoxy groups -OCH3 is 3. The molecule has 18 N–H and O–H groups in total. The van der Waals surface area contributed by atoms with Gasteiger partial charge in [0, 0.05) is 45.9 Å². The van der Waals surface area contributed by atoms with E-state index in [9.17, 15) is 18.4 Å². The average molecular weight is 1560 g/mol. The van der Waals surface area contributed by atoms with Crippen LogP contribution in [-0.4, -0.2) is 46.5 Å². The van der Waals surface area contributed by atoms with Crippen LogP contribution in [-0.2, 0) is 9.47 Å². The fourth-order valence-corrected chi connectivity index (χ4v) is 10.6. The Kier molecular flexibility index (Phi) is 39.1. The first-order valence-electron chi connectivity index (χ1n) is 37.4. The van der Waals surface area contributed by atoms with E-state index in [4.69, 9.17) is 75.3 Å². The predicted octanol–water partition coefficient (Wildman–Crippen LogP) is 22.0. The summed E-state index contributed by atoms with van der Waals surface area (Å²) in [5, 5.41) is 2.44. The van der Waals surface area contributed by atoms with Crippen molar-refractivity contribution in [2.45, 2.75) is 75.2 Å². The highest BCUT2D eigenvalue weighted by Gasteiger charge is 2.16. The number of aryl methyl sites for hydroxylation is 5. The number of esters is 2. The van der Waals surface area contributed by atoms with Crippen LogP contribution in [0.15, 0.2) is 291 Å². The van der Waals surface area contributed by atoms with Gasteiger partial charge in [-0.3, -0.25) is 0 Å². The average Bonchev–Trinajstić information content (AvgIpc) is 0.803. The van der Waals surface area contributed by atoms with Gasteiger partial charge in [-0.2, -0.15) is 0 Å². The first-order valence-corrected chi connectivity index (χ1v) is 37.4. The number of nitrogens with zero attached hydrogens (tertiary/aromatic N) is 1. The fourth-order valence-electron chi connectivity index (χ4n) is 10.6. The number of ether oxygens (including phenoxy) is 5. The lowest BCUT2D eigenvalue weighted by molar-refractivity contribution is 0.0438. The molecule has 0 heterocycles. The smallest absolute Gasteiger partial charge is 0.338 e. The van der Waals surface area contributed by atoms with Crippen LogP contribution >= 0.6 is 0 Å². The Morgan fingerprint density at radius 2 is 0.757 bits per heavy atom. The van der Waals surface area contributed by atoms with E-state index in [-0.39, 0.29) is 17.6 Å². The van der Waals surface area contributed by atoms with Crippen molar-refractivity contribution in [2.75, 3.05) is 91.0 Å². The number of carbonyl (C=O) groups is 2. The lowest BCUT2D eigenvalue weighted by Crippen LogP contribution is -2.12. The van der Waals surface area contributed by atoms with Crippen molar-refractivity contribution < 1.29 is 42.1 Å². The summed E-state index contributed by atoms with van der Waals surface area (Å²) >= 11 is 0. The third-order valence-electron chi connectivity index (χ3n) is 17.4. The molecule has 602 valence electrons. The molecule has 0 spiro atoms. The number of para-hydroxylation sites is 4. The highest BCUT2D eigenvalue weighted by Crippen LogP contribution is 2.37. The molecule has 2 atom stereocenters. The summed E-state index contributed by atoms with van der Waals surface area (Å²) in [4.78, 5) is 25.6. The van der Waals surface area contributed by atoms with Gasteiger partial charge in [-0.15, -0.1) is 0 Å². The highest BCUT2D eigenvalue weighted by atomic mass is 19.1. The summed E-state index contributed by atoms with van der Waals surface area (Å²) in [5.41, 5.74) is 69.1. The van der Waals surface area contributed by atoms with Gasteiger partial charge in [-0.25, -0.2) is 18.4 Å². The lowest BCUT2D eigenvalue weighted by atomic mass is 10.1. The standard InChI is InChI=1S/C18H16N2.2C13H19NO3.C12H11N.C10H9N.C9H13N.C8H11NO.C7H9N.C6H5F2N/c19-17-13-7-8-14-18(17)20(15-9-3-1-4-10-15)16-11-5-2-6-12-16;2*1-4-9(2)8-17-13(15)10-5-6-12(16-3)11(14)7-10;13-12-8-6-11(7-9-12)10-4-2-1-3-5-10;11-10-6-5-8-3-1-2-4-9(8)7-10;1-6-4-7(2)9(10)8(3)5-6;1-6-3-4-8(10-2)7(9)5-6;1-6-3-2-4-7(8)5-6;7-4-1-5(8)3-6(9)2-4/h1-14H,19H2;2*5-7,9H,4,8,14H2,1-3H3;1-9H,13H2;1-7H,11H2;4-5H,10H2,1-3H3;3-5H,9H2,1-2H3;2-5H,8H2,1H3;1-3H,9H2. The Balaban J connectivity index is 0.000000234. The first kappa shape index (κ1) is 91.9. The molecule has 0 aliphatic carbocycles. The number of hydrogen-bond donors (Lipinski definition) is 9. The van der Waals surface area contributed by atoms with Gasteiger partial charge >= 0.3 is 11.9 Å². The molecule has 13 aromatic rings. The van der Waals surface area contributed by atoms with Crippen molar-refractivity contribution in [1.29, 1.82) is 0 Å². The van der Waals surface area contributed by atoms with Crippen molar-refractivity contribution >= 4 is 91.0 Å². The maximum absolute atomic E-state index is 12.1. The number of nitrogen functional groups attached to an aromatic ring is 9. The largest absolute Gasteiger partial charge is 0.495 e. The van der Waals surface area contributed by atoms with E-state index in [1.54, 1.807) is 43.5 Å². The maximum Gasteiger partial charge on any atom is 0.338 e. The molecule has 0 radical (unpaired) electrons. The van der Waals surface area contributed by atoms with Crippen molar-refractivity contribution in [3.8, 4) is 28.4 Å². The zero-order chi connectivity index (χ0) is 84.4. The summed E-state index contributed by atoms with van der Waals surface area (Å²) in [6.45, 7) is 19.2. The predicted molar refractivity (Wildman–Crippen MR) is 478 cm³/mol. The highest BCUT2D eigenvalue weighted by molar-refractivity contribution is 5.92. The van der Waals surface area contributed by atoms with Crippen LogP contribution in [0.4, 0.5) is 77.0 Å². The molecule has 13 rings (SSSR count). The van der Waals surface area contributed by atoms with Crippen LogP contribution < -0.4 is 70.7 Å². The lowest BCUT2D eigenvalue weighted by Gasteiger charge is -2.26. The van der Waals surface area contributed by atoms with E-state index in [0.29, 0.717) is 64.7 Å². The maximum atomic E-state index is 12.1. The van der Waals surface area contributed by atoms with Gasteiger partial charge in [0.1, 0.15) is 28.9 Å². The van der Waals surface area contributed by atoms with E-state index in [1.807, 2.05) is 217 Å². The van der Waals surface area contributed by atoms with Crippen molar-refractivity contribution in [2.24, 2.45) is 11.8 Å². The second-order valence-corrected chi connectivity index (χ2v) is 27.0. The van der Waals surface area contributed by atoms with Gasteiger partial charge in [0.05, 0.1) is 74.1 Å². The molecule has 0 bridgehead atoms. The molecule has 115 heavy (non-hydrogen) atoms. The summed E-state index contributed by atoms with van der Waals surface area (Å²) in [6.07, 6.45) is 1.97. The molecule has 19 heteroatoms. The van der Waals surface area contributed by atoms with Gasteiger partial charge in [0.2, 0.25) is 0 Å². The van der Waals surface area contributed by atoms with Gasteiger partial charge in [0.15, 0.2) is 0 Å². The van der Waals surface area contributed by atoms with Gasteiger partial charge in [0.25, 0.3) is 0 Å². The SMILES string of the molecule is CCC(C)COC(=O)c1ccc(OC)c(N)c1.CCC(C)COC(=O)c1ccc(OC)c(N)c1.COc1ccc(C)cc1N.Cc1cc(C)c(N)c(C)c1.Cc1cccc(N)c1.Nc1cc(F)cc(F)c1.Nc1ccc(-c2ccccc2)cc1.Nc1ccc2ccccc2c1.Nc1ccccc1N(c1ccccc1)c1ccccc1. The minimum Gasteiger partial charge on any atom is -0.495 e. The van der Waals surface area contributed by atoms with E-state index in [1.165, 1.54) is 58.4 Å². The van der Waals surface area contributed by atoms with E-state index in [2.05, 4.69) is 86.3 Å². The molecule has 0 saturated heterocycles. The molecule has 0 aromatic heterocycles. The Morgan fingerprint density at radius 3 is 1.18 bits per heavy atom. The van der Waals surface area contributed by atoms with Crippen LogP contribution in [0.2, 0.25) is 0 Å². The van der Waals surface area contributed by atoms with Crippen LogP contribution in [0.1, 0.15) is 89.1 Å². The van der Waals surface area contributed by atoms with Gasteiger partial charge in [-0.1, -0.05) is 198 Å². The fraction of sp³-hybridized carbons (Fsp3) is 0.188. The van der Waals surface area contributed by atoms with Crippen molar-refractivity contribution in [3.63, 3.8) is 0 Å². The summed E-state index contributed by atoms with van der Waals surface area (Å²) in [7, 11) is 4.68. The van der Waals surface area contributed by atoms with Crippen molar-refractivity contribution in [1.82, 2.24) is 0 Å². The van der Waals surface area contributed by atoms with E-state index in [0.717, 1.165) is 87.9 Å². The molecule has 0 amide bonds. The van der Waals surface area contributed by atoms with Crippen LogP contribution in [0.5, 0.6) is 17.2 Å². The number of benzene rings is 13. The molecule has 13 aromatic carbocycles. The second kappa shape index (κ2) is 48.9. The van der Waals surface area contributed by atoms with Crippen LogP contribution in [0.25, 0.3) is 21.9 Å². The Labute approximate surface area is 677 Å². The van der Waals surface area contributed by atoms with E-state index < -0.39 is 11.6 Å². The molecule has 0 saturated carbocycles. The zero-order valence-electron chi connectivity index (χ0n) is 68.0. The number of nitrogens with two attached hydrogens (primary N) is 9. The molecule has 0 fully saturated rings. The number of hydrogen-bond acceptors (Lipinski definition) is 17. The minimum absolute atomic E-state index is 0.104. The Bertz CT molecular complexity index is 4880. The Morgan fingerprint density at radius 1 is 0.348 bits per heavy atom. The van der Waals surface area contributed by atoms with E-state index >= 15 is 0 Å². The first-order chi connectivity index (χ1) is 55.1. The molecule has 2 unspecified atom stereocenters. The van der Waals surface area contributed by atoms with Crippen LogP contribution in [0.3, 0.4) is 0 Å². The topological polar surface area (TPSA) is 318 Å². The summed E-state index contributed by atoms with van der Waals surface area (Å²) < 4.78 is 49.6. The third kappa shape index (κ3) is 32.7. The normalized spacial score (nSPS) is 10.5. The molecular weight excluding hydrogens is 1440 g/mol. The molecular formula is C96H112F2N10O7. The summed E-state index contributed by atoms with van der Waals surface area (Å²) in [6, 6.07) is 91.0. The molecule has 0 aliphatic rings. The second-order valence-electron chi connectivity index (χ2n) is 27.0. The number of carbonyl (C=O) groups excluding carboxylic acids is 2. The van der Waals surface area contributed by atoms with Gasteiger partial charge < -0.3 is 80.2 Å². The van der Waals surface area contributed by atoms with Gasteiger partial charge in [-0.05, 0) is 224 Å². The monoisotopic (exact) mass is 1550 g/mol. The summed E-state index contributed by atoms with van der Waals surface area (Å²) in [5.74, 6) is 0.612. The minimum atomic E-state index is -0.646. The number of halogens is 2. The van der Waals surface area contributed by atoms with Crippen molar-refractivity contribution in [3.05, 3.63) is 342 Å². The number of rotatable bonds is 15. The molecule has 0 aliphatic heterocycles. The number of fused-ring (bicyclic) bond motifs is 1.